The van der Waals surface area contributed by atoms with Crippen molar-refractivity contribution in [3.05, 3.63) is 22.9 Å². The highest BCUT2D eigenvalue weighted by molar-refractivity contribution is 5.59. The van der Waals surface area contributed by atoms with E-state index in [1.54, 1.807) is 0 Å². The third-order valence-corrected chi connectivity index (χ3v) is 3.47. The van der Waals surface area contributed by atoms with Gasteiger partial charge in [-0.25, -0.2) is 4.98 Å². The zero-order chi connectivity index (χ0) is 13.1. The number of anilines is 1. The minimum atomic E-state index is 0.165. The lowest BCUT2D eigenvalue weighted by Crippen LogP contribution is -2.35. The first kappa shape index (κ1) is 12.6. The Morgan fingerprint density at radius 2 is 2.11 bits per heavy atom. The number of carbonyl (C=O) groups excluding carboxylic acids is 1. The van der Waals surface area contributed by atoms with Crippen LogP contribution in [0.5, 0.6) is 0 Å². The smallest absolute Gasteiger partial charge is 0.147 e. The molecule has 1 aromatic heterocycles. The molecule has 0 radical (unpaired) electrons. The van der Waals surface area contributed by atoms with Crippen LogP contribution in [0.1, 0.15) is 29.7 Å². The molecule has 0 saturated carbocycles. The van der Waals surface area contributed by atoms with E-state index in [9.17, 15) is 10.1 Å². The van der Waals surface area contributed by atoms with Crippen molar-refractivity contribution in [2.24, 2.45) is 5.92 Å². The molecule has 1 aliphatic rings. The Kier molecular flexibility index (Phi) is 3.61. The molecule has 0 spiro atoms. The number of aromatic nitrogens is 1. The van der Waals surface area contributed by atoms with Gasteiger partial charge in [-0.2, -0.15) is 5.26 Å². The van der Waals surface area contributed by atoms with E-state index in [0.29, 0.717) is 5.56 Å². The molecule has 94 valence electrons. The van der Waals surface area contributed by atoms with Crippen molar-refractivity contribution in [3.63, 3.8) is 0 Å². The number of rotatable bonds is 2. The van der Waals surface area contributed by atoms with Crippen LogP contribution in [0.25, 0.3) is 0 Å². The van der Waals surface area contributed by atoms with Crippen molar-refractivity contribution in [2.45, 2.75) is 26.7 Å². The summed E-state index contributed by atoms with van der Waals surface area (Å²) in [5, 5.41) is 9.25. The number of nitriles is 1. The number of carbonyl (C=O) groups is 1. The maximum atomic E-state index is 10.7. The fraction of sp³-hybridized carbons (Fsp3) is 0.500. The lowest BCUT2D eigenvalue weighted by molar-refractivity contribution is -0.111. The summed E-state index contributed by atoms with van der Waals surface area (Å²) >= 11 is 0. The molecule has 4 heteroatoms. The maximum Gasteiger partial charge on any atom is 0.147 e. The second kappa shape index (κ2) is 5.18. The zero-order valence-corrected chi connectivity index (χ0v) is 10.8. The molecule has 1 fully saturated rings. The number of pyridine rings is 1. The van der Waals surface area contributed by atoms with Crippen molar-refractivity contribution in [2.75, 3.05) is 18.0 Å². The molecule has 2 heterocycles. The predicted octanol–water partition coefficient (Wildman–Crippen LogP) is 1.99. The van der Waals surface area contributed by atoms with Crippen LogP contribution < -0.4 is 4.90 Å². The van der Waals surface area contributed by atoms with Gasteiger partial charge in [0.15, 0.2) is 0 Å². The number of aldehydes is 1. The summed E-state index contributed by atoms with van der Waals surface area (Å²) in [4.78, 5) is 17.4. The Morgan fingerprint density at radius 1 is 1.44 bits per heavy atom. The molecule has 0 unspecified atom stereocenters. The van der Waals surface area contributed by atoms with Gasteiger partial charge < -0.3 is 9.69 Å². The molecule has 1 aliphatic heterocycles. The second-order valence-corrected chi connectivity index (χ2v) is 4.85. The standard InChI is InChI=1S/C14H17N3O/c1-10-7-11(2)16-14(13(10)8-15)17-5-3-12(9-18)4-6-17/h7,9,12H,3-6H2,1-2H3. The van der Waals surface area contributed by atoms with E-state index in [2.05, 4.69) is 16.0 Å². The van der Waals surface area contributed by atoms with Crippen LogP contribution in [0, 0.1) is 31.1 Å². The fourth-order valence-electron chi connectivity index (χ4n) is 2.43. The van der Waals surface area contributed by atoms with Gasteiger partial charge in [0, 0.05) is 24.7 Å². The normalized spacial score (nSPS) is 16.4. The van der Waals surface area contributed by atoms with Gasteiger partial charge in [0.2, 0.25) is 0 Å². The molecular formula is C14H17N3O. The van der Waals surface area contributed by atoms with Crippen LogP contribution in [0.3, 0.4) is 0 Å². The van der Waals surface area contributed by atoms with E-state index in [1.807, 2.05) is 19.9 Å². The average molecular weight is 243 g/mol. The quantitative estimate of drug-likeness (QED) is 0.745. The van der Waals surface area contributed by atoms with Crippen molar-refractivity contribution in [1.82, 2.24) is 4.98 Å². The van der Waals surface area contributed by atoms with Crippen molar-refractivity contribution in [3.8, 4) is 6.07 Å². The van der Waals surface area contributed by atoms with Crippen LogP contribution in [-0.4, -0.2) is 24.4 Å². The molecule has 1 saturated heterocycles. The predicted molar refractivity (Wildman–Crippen MR) is 69.4 cm³/mol. The molecule has 0 amide bonds. The Balaban J connectivity index is 2.29. The molecule has 0 aliphatic carbocycles. The first-order chi connectivity index (χ1) is 8.65. The average Bonchev–Trinajstić information content (AvgIpc) is 2.38. The van der Waals surface area contributed by atoms with Gasteiger partial charge in [-0.1, -0.05) is 0 Å². The van der Waals surface area contributed by atoms with Crippen LogP contribution in [0.4, 0.5) is 5.82 Å². The van der Waals surface area contributed by atoms with Gasteiger partial charge in [-0.15, -0.1) is 0 Å². The molecule has 1 aromatic rings. The summed E-state index contributed by atoms with van der Waals surface area (Å²) in [5.74, 6) is 0.942. The van der Waals surface area contributed by atoms with E-state index in [4.69, 9.17) is 0 Å². The summed E-state index contributed by atoms with van der Waals surface area (Å²) in [6, 6.07) is 4.17. The molecule has 18 heavy (non-hydrogen) atoms. The highest BCUT2D eigenvalue weighted by atomic mass is 16.1. The highest BCUT2D eigenvalue weighted by Crippen LogP contribution is 2.26. The highest BCUT2D eigenvalue weighted by Gasteiger charge is 2.22. The monoisotopic (exact) mass is 243 g/mol. The number of nitrogens with zero attached hydrogens (tertiary/aromatic N) is 3. The molecule has 0 N–H and O–H groups in total. The van der Waals surface area contributed by atoms with Crippen molar-refractivity contribution >= 4 is 12.1 Å². The molecule has 4 nitrogen and oxygen atoms in total. The lowest BCUT2D eigenvalue weighted by Gasteiger charge is -2.31. The van der Waals surface area contributed by atoms with Gasteiger partial charge in [0.25, 0.3) is 0 Å². The second-order valence-electron chi connectivity index (χ2n) is 4.85. The van der Waals surface area contributed by atoms with E-state index in [-0.39, 0.29) is 5.92 Å². The minimum absolute atomic E-state index is 0.165. The molecule has 0 atom stereocenters. The summed E-state index contributed by atoms with van der Waals surface area (Å²) < 4.78 is 0. The number of hydrogen-bond acceptors (Lipinski definition) is 4. The van der Waals surface area contributed by atoms with Crippen LogP contribution in [0.2, 0.25) is 0 Å². The van der Waals surface area contributed by atoms with Gasteiger partial charge in [-0.3, -0.25) is 0 Å². The molecule has 0 bridgehead atoms. The summed E-state index contributed by atoms with van der Waals surface area (Å²) in [5.41, 5.74) is 2.56. The fourth-order valence-corrected chi connectivity index (χ4v) is 2.43. The third kappa shape index (κ3) is 2.35. The Bertz CT molecular complexity index is 496. The Hall–Kier alpha value is -1.89. The van der Waals surface area contributed by atoms with Gasteiger partial charge in [0.05, 0.1) is 5.56 Å². The van der Waals surface area contributed by atoms with Crippen LogP contribution in [-0.2, 0) is 4.79 Å². The van der Waals surface area contributed by atoms with E-state index >= 15 is 0 Å². The topological polar surface area (TPSA) is 57.0 Å². The Labute approximate surface area is 107 Å². The zero-order valence-electron chi connectivity index (χ0n) is 10.8. The molecule has 0 aromatic carbocycles. The maximum absolute atomic E-state index is 10.7. The molecular weight excluding hydrogens is 226 g/mol. The van der Waals surface area contributed by atoms with E-state index in [1.165, 1.54) is 0 Å². The summed E-state index contributed by atoms with van der Waals surface area (Å²) in [7, 11) is 0. The minimum Gasteiger partial charge on any atom is -0.355 e. The van der Waals surface area contributed by atoms with Gasteiger partial charge in [0.1, 0.15) is 18.2 Å². The largest absolute Gasteiger partial charge is 0.355 e. The summed E-state index contributed by atoms with van der Waals surface area (Å²) in [6.45, 7) is 5.48. The number of piperidine rings is 1. The SMILES string of the molecule is Cc1cc(C)c(C#N)c(N2CCC(C=O)CC2)n1. The number of aryl methyl sites for hydroxylation is 2. The lowest BCUT2D eigenvalue weighted by atomic mass is 9.98. The van der Waals surface area contributed by atoms with E-state index in [0.717, 1.165) is 49.3 Å². The number of hydrogen-bond donors (Lipinski definition) is 0. The van der Waals surface area contributed by atoms with Gasteiger partial charge >= 0.3 is 0 Å². The van der Waals surface area contributed by atoms with Gasteiger partial charge in [-0.05, 0) is 38.3 Å². The van der Waals surface area contributed by atoms with Crippen LogP contribution in [0.15, 0.2) is 6.07 Å². The van der Waals surface area contributed by atoms with Crippen LogP contribution >= 0.6 is 0 Å². The van der Waals surface area contributed by atoms with Crippen molar-refractivity contribution < 1.29 is 4.79 Å². The summed E-state index contributed by atoms with van der Waals surface area (Å²) in [6.07, 6.45) is 2.74. The first-order valence-corrected chi connectivity index (χ1v) is 6.24. The first-order valence-electron chi connectivity index (χ1n) is 6.24. The Morgan fingerprint density at radius 3 is 2.67 bits per heavy atom. The van der Waals surface area contributed by atoms with Crippen molar-refractivity contribution in [1.29, 1.82) is 5.26 Å². The third-order valence-electron chi connectivity index (χ3n) is 3.47. The van der Waals surface area contributed by atoms with E-state index < -0.39 is 0 Å². The molecule has 2 rings (SSSR count).